The van der Waals surface area contributed by atoms with Crippen LogP contribution < -0.4 is 0 Å². The van der Waals surface area contributed by atoms with E-state index < -0.39 is 23.1 Å². The van der Waals surface area contributed by atoms with Crippen molar-refractivity contribution in [2.45, 2.75) is 46.1 Å². The van der Waals surface area contributed by atoms with Crippen molar-refractivity contribution in [3.8, 4) is 0 Å². The van der Waals surface area contributed by atoms with E-state index in [1.807, 2.05) is 0 Å². The average Bonchev–Trinajstić information content (AvgIpc) is 2.15. The van der Waals surface area contributed by atoms with Crippen molar-refractivity contribution < 1.29 is 19.4 Å². The summed E-state index contributed by atoms with van der Waals surface area (Å²) >= 11 is 0. The number of carboxylic acids is 1. The molecule has 0 aromatic heterocycles. The van der Waals surface area contributed by atoms with E-state index in [0.29, 0.717) is 19.4 Å². The van der Waals surface area contributed by atoms with Gasteiger partial charge in [-0.2, -0.15) is 0 Å². The van der Waals surface area contributed by atoms with Gasteiger partial charge in [0, 0.05) is 13.1 Å². The predicted molar refractivity (Wildman–Crippen MR) is 62.8 cm³/mol. The van der Waals surface area contributed by atoms with Gasteiger partial charge in [0.05, 0.1) is 5.41 Å². The number of amides is 1. The number of nitrogens with zero attached hydrogens (tertiary/aromatic N) is 1. The molecule has 1 saturated heterocycles. The normalized spacial score (nSPS) is 25.5. The van der Waals surface area contributed by atoms with Gasteiger partial charge in [-0.05, 0) is 40.5 Å². The first-order chi connectivity index (χ1) is 7.64. The van der Waals surface area contributed by atoms with E-state index in [-0.39, 0.29) is 6.54 Å². The van der Waals surface area contributed by atoms with Crippen LogP contribution >= 0.6 is 0 Å². The highest BCUT2D eigenvalue weighted by Crippen LogP contribution is 2.30. The van der Waals surface area contributed by atoms with E-state index in [1.165, 1.54) is 4.90 Å². The maximum Gasteiger partial charge on any atom is 0.410 e. The van der Waals surface area contributed by atoms with Crippen LogP contribution in [0.5, 0.6) is 0 Å². The van der Waals surface area contributed by atoms with Crippen LogP contribution in [0.3, 0.4) is 0 Å². The van der Waals surface area contributed by atoms with Crippen molar-refractivity contribution in [3.63, 3.8) is 0 Å². The summed E-state index contributed by atoms with van der Waals surface area (Å²) < 4.78 is 5.24. The van der Waals surface area contributed by atoms with E-state index in [2.05, 4.69) is 0 Å². The van der Waals surface area contributed by atoms with E-state index in [0.717, 1.165) is 0 Å². The standard InChI is InChI=1S/C12H21NO4/c1-11(2,3)17-10(16)13-7-5-6-12(4,8-13)9(14)15/h5-8H2,1-4H3,(H,14,15)/t12-/m1/s1. The number of rotatable bonds is 1. The predicted octanol–water partition coefficient (Wildman–Crippen LogP) is 2.11. The van der Waals surface area contributed by atoms with Gasteiger partial charge in [-0.25, -0.2) is 4.79 Å². The number of carbonyl (C=O) groups excluding carboxylic acids is 1. The summed E-state index contributed by atoms with van der Waals surface area (Å²) in [4.78, 5) is 24.5. The topological polar surface area (TPSA) is 66.8 Å². The first-order valence-corrected chi connectivity index (χ1v) is 5.85. The van der Waals surface area contributed by atoms with E-state index in [4.69, 9.17) is 9.84 Å². The lowest BCUT2D eigenvalue weighted by Crippen LogP contribution is -2.49. The highest BCUT2D eigenvalue weighted by atomic mass is 16.6. The molecule has 1 amide bonds. The number of likely N-dealkylation sites (tertiary alicyclic amines) is 1. The quantitative estimate of drug-likeness (QED) is 0.766. The summed E-state index contributed by atoms with van der Waals surface area (Å²) in [6, 6.07) is 0. The molecule has 98 valence electrons. The first-order valence-electron chi connectivity index (χ1n) is 5.85. The van der Waals surface area contributed by atoms with Crippen LogP contribution in [0.4, 0.5) is 4.79 Å². The van der Waals surface area contributed by atoms with Crippen LogP contribution in [0.15, 0.2) is 0 Å². The molecule has 0 aliphatic carbocycles. The second-order valence-electron chi connectivity index (χ2n) is 5.87. The number of carbonyl (C=O) groups is 2. The molecule has 1 fully saturated rings. The van der Waals surface area contributed by atoms with Gasteiger partial charge < -0.3 is 14.7 Å². The van der Waals surface area contributed by atoms with Gasteiger partial charge in [0.15, 0.2) is 0 Å². The Labute approximate surface area is 102 Å². The van der Waals surface area contributed by atoms with Crippen molar-refractivity contribution >= 4 is 12.1 Å². The molecule has 0 aromatic rings. The van der Waals surface area contributed by atoms with Crippen molar-refractivity contribution in [2.75, 3.05) is 13.1 Å². The number of carboxylic acid groups (broad SMARTS) is 1. The lowest BCUT2D eigenvalue weighted by Gasteiger charge is -2.38. The smallest absolute Gasteiger partial charge is 0.410 e. The van der Waals surface area contributed by atoms with Crippen LogP contribution in [0.25, 0.3) is 0 Å². The summed E-state index contributed by atoms with van der Waals surface area (Å²) in [5, 5.41) is 9.15. The molecule has 5 heteroatoms. The highest BCUT2D eigenvalue weighted by molar-refractivity contribution is 5.76. The summed E-state index contributed by atoms with van der Waals surface area (Å²) in [5.41, 5.74) is -1.40. The van der Waals surface area contributed by atoms with Gasteiger partial charge in [0.2, 0.25) is 0 Å². The van der Waals surface area contributed by atoms with Crippen LogP contribution in [-0.4, -0.2) is 40.8 Å². The molecule has 0 radical (unpaired) electrons. The van der Waals surface area contributed by atoms with Crippen LogP contribution in [-0.2, 0) is 9.53 Å². The Balaban J connectivity index is 2.67. The number of aliphatic carboxylic acids is 1. The molecule has 0 spiro atoms. The van der Waals surface area contributed by atoms with E-state index >= 15 is 0 Å². The Kier molecular flexibility index (Phi) is 3.69. The lowest BCUT2D eigenvalue weighted by atomic mass is 9.82. The SMILES string of the molecule is CC(C)(C)OC(=O)N1CCC[C@@](C)(C(=O)O)C1. The monoisotopic (exact) mass is 243 g/mol. The Bertz CT molecular complexity index is 321. The maximum atomic E-state index is 11.8. The molecule has 5 nitrogen and oxygen atoms in total. The van der Waals surface area contributed by atoms with Crippen molar-refractivity contribution in [3.05, 3.63) is 0 Å². The molecular weight excluding hydrogens is 222 g/mol. The van der Waals surface area contributed by atoms with Crippen LogP contribution in [0.2, 0.25) is 0 Å². The zero-order valence-corrected chi connectivity index (χ0v) is 10.9. The van der Waals surface area contributed by atoms with Gasteiger partial charge in [0.25, 0.3) is 0 Å². The van der Waals surface area contributed by atoms with Crippen LogP contribution in [0.1, 0.15) is 40.5 Å². The van der Waals surface area contributed by atoms with Gasteiger partial charge in [0.1, 0.15) is 5.60 Å². The molecule has 0 aromatic carbocycles. The third-order valence-corrected chi connectivity index (χ3v) is 2.86. The molecule has 1 atom stereocenters. The second kappa shape index (κ2) is 4.55. The molecule has 0 unspecified atom stereocenters. The first kappa shape index (κ1) is 13.8. The largest absolute Gasteiger partial charge is 0.481 e. The number of hydrogen-bond acceptors (Lipinski definition) is 3. The Hall–Kier alpha value is -1.26. The zero-order valence-electron chi connectivity index (χ0n) is 10.9. The second-order valence-corrected chi connectivity index (χ2v) is 5.87. The Morgan fingerprint density at radius 1 is 1.35 bits per heavy atom. The Morgan fingerprint density at radius 2 is 1.94 bits per heavy atom. The molecule has 1 heterocycles. The summed E-state index contributed by atoms with van der Waals surface area (Å²) in [6.07, 6.45) is 0.869. The van der Waals surface area contributed by atoms with Crippen molar-refractivity contribution in [2.24, 2.45) is 5.41 Å². The fourth-order valence-corrected chi connectivity index (χ4v) is 1.90. The molecule has 1 rings (SSSR count). The molecular formula is C12H21NO4. The van der Waals surface area contributed by atoms with Gasteiger partial charge >= 0.3 is 12.1 Å². The minimum Gasteiger partial charge on any atom is -0.481 e. The molecule has 1 N–H and O–H groups in total. The third kappa shape index (κ3) is 3.61. The molecule has 0 bridgehead atoms. The van der Waals surface area contributed by atoms with Crippen molar-refractivity contribution in [1.29, 1.82) is 0 Å². The number of ether oxygens (including phenoxy) is 1. The van der Waals surface area contributed by atoms with E-state index in [9.17, 15) is 9.59 Å². The molecule has 0 saturated carbocycles. The summed E-state index contributed by atoms with van der Waals surface area (Å²) in [6.45, 7) is 7.85. The van der Waals surface area contributed by atoms with Crippen molar-refractivity contribution in [1.82, 2.24) is 4.90 Å². The molecule has 1 aliphatic rings. The molecule has 17 heavy (non-hydrogen) atoms. The van der Waals surface area contributed by atoms with Gasteiger partial charge in [-0.1, -0.05) is 0 Å². The zero-order chi connectivity index (χ0) is 13.3. The lowest BCUT2D eigenvalue weighted by molar-refractivity contribution is -0.150. The minimum absolute atomic E-state index is 0.219. The van der Waals surface area contributed by atoms with Gasteiger partial charge in [-0.3, -0.25) is 4.79 Å². The minimum atomic E-state index is -0.856. The van der Waals surface area contributed by atoms with E-state index in [1.54, 1.807) is 27.7 Å². The third-order valence-electron chi connectivity index (χ3n) is 2.86. The van der Waals surface area contributed by atoms with Gasteiger partial charge in [-0.15, -0.1) is 0 Å². The van der Waals surface area contributed by atoms with Crippen LogP contribution in [0, 0.1) is 5.41 Å². The summed E-state index contributed by atoms with van der Waals surface area (Å²) in [5.74, 6) is -0.856. The number of piperidine rings is 1. The summed E-state index contributed by atoms with van der Waals surface area (Å²) in [7, 11) is 0. The fraction of sp³-hybridized carbons (Fsp3) is 0.833. The highest BCUT2D eigenvalue weighted by Gasteiger charge is 2.40. The fourth-order valence-electron chi connectivity index (χ4n) is 1.90. The maximum absolute atomic E-state index is 11.8. The number of hydrogen-bond donors (Lipinski definition) is 1. The Morgan fingerprint density at radius 3 is 2.41 bits per heavy atom. The molecule has 1 aliphatic heterocycles. The average molecular weight is 243 g/mol.